The highest BCUT2D eigenvalue weighted by molar-refractivity contribution is 7.99. The van der Waals surface area contributed by atoms with Crippen molar-refractivity contribution in [1.82, 2.24) is 19.7 Å². The molecule has 0 amide bonds. The maximum absolute atomic E-state index is 6.25. The monoisotopic (exact) mass is 413 g/mol. The van der Waals surface area contributed by atoms with E-state index in [4.69, 9.17) is 20.2 Å². The summed E-state index contributed by atoms with van der Waals surface area (Å²) in [5, 5.41) is 8.42. The Hall–Kier alpha value is -2.48. The number of ether oxygens (including phenoxy) is 2. The second kappa shape index (κ2) is 8.90. The van der Waals surface area contributed by atoms with Crippen molar-refractivity contribution in [1.29, 1.82) is 0 Å². The number of imidazole rings is 1. The standard InChI is InChI=1S/C21H27N5O2S/c1-3-4-5-17-23-18-19(26(17)12-14-6-8-15(27-2)9-7-14)21(25-24-20(18)22)28-16-10-11-29-13-16/h6-9,16H,3-5,10-13H2,1-2H3,(H2,22,24). The molecule has 1 aromatic carbocycles. The first-order valence-electron chi connectivity index (χ1n) is 10.1. The van der Waals surface area contributed by atoms with Crippen molar-refractivity contribution in [2.75, 3.05) is 24.3 Å². The zero-order valence-electron chi connectivity index (χ0n) is 16.9. The van der Waals surface area contributed by atoms with Crippen molar-refractivity contribution >= 4 is 28.6 Å². The normalized spacial score (nSPS) is 16.4. The predicted molar refractivity (Wildman–Crippen MR) is 117 cm³/mol. The minimum absolute atomic E-state index is 0.157. The Balaban J connectivity index is 1.77. The van der Waals surface area contributed by atoms with Crippen molar-refractivity contribution in [3.05, 3.63) is 35.7 Å². The van der Waals surface area contributed by atoms with Crippen LogP contribution in [0, 0.1) is 0 Å². The zero-order chi connectivity index (χ0) is 20.2. The van der Waals surface area contributed by atoms with Gasteiger partial charge >= 0.3 is 0 Å². The SMILES string of the molecule is CCCCc1nc2c(N)nnc(OC3CCSC3)c2n1Cc1ccc(OC)cc1. The molecule has 2 N–H and O–H groups in total. The quantitative estimate of drug-likeness (QED) is 0.602. The van der Waals surface area contributed by atoms with Gasteiger partial charge in [0.05, 0.1) is 7.11 Å². The number of thioether (sulfide) groups is 1. The second-order valence-corrected chi connectivity index (χ2v) is 8.41. The van der Waals surface area contributed by atoms with Gasteiger partial charge in [-0.2, -0.15) is 11.8 Å². The summed E-state index contributed by atoms with van der Waals surface area (Å²) in [6, 6.07) is 8.09. The lowest BCUT2D eigenvalue weighted by atomic mass is 10.2. The number of methoxy groups -OCH3 is 1. The van der Waals surface area contributed by atoms with E-state index in [1.54, 1.807) is 7.11 Å². The van der Waals surface area contributed by atoms with Gasteiger partial charge in [-0.1, -0.05) is 25.5 Å². The predicted octanol–water partition coefficient (Wildman–Crippen LogP) is 3.69. The van der Waals surface area contributed by atoms with Gasteiger partial charge in [-0.25, -0.2) is 4.98 Å². The second-order valence-electron chi connectivity index (χ2n) is 7.26. The van der Waals surface area contributed by atoms with Crippen molar-refractivity contribution in [3.8, 4) is 11.6 Å². The number of nitrogen functional groups attached to an aromatic ring is 1. The number of fused-ring (bicyclic) bond motifs is 1. The van der Waals surface area contributed by atoms with Crippen molar-refractivity contribution in [2.24, 2.45) is 0 Å². The summed E-state index contributed by atoms with van der Waals surface area (Å²) >= 11 is 1.90. The van der Waals surface area contributed by atoms with Gasteiger partial charge in [0.25, 0.3) is 5.88 Å². The van der Waals surface area contributed by atoms with E-state index in [0.717, 1.165) is 59.8 Å². The van der Waals surface area contributed by atoms with Gasteiger partial charge < -0.3 is 19.8 Å². The van der Waals surface area contributed by atoms with Crippen molar-refractivity contribution in [2.45, 2.75) is 45.3 Å². The van der Waals surface area contributed by atoms with Crippen LogP contribution < -0.4 is 15.2 Å². The van der Waals surface area contributed by atoms with Crippen molar-refractivity contribution < 1.29 is 9.47 Å². The van der Waals surface area contributed by atoms with Crippen LogP contribution in [0.2, 0.25) is 0 Å². The maximum Gasteiger partial charge on any atom is 0.260 e. The van der Waals surface area contributed by atoms with Gasteiger partial charge in [-0.3, -0.25) is 0 Å². The lowest BCUT2D eigenvalue weighted by Crippen LogP contribution is -2.17. The Morgan fingerprint density at radius 3 is 2.76 bits per heavy atom. The van der Waals surface area contributed by atoms with E-state index < -0.39 is 0 Å². The van der Waals surface area contributed by atoms with Crippen LogP contribution in [0.5, 0.6) is 11.6 Å². The number of unbranched alkanes of at least 4 members (excludes halogenated alkanes) is 1. The summed E-state index contributed by atoms with van der Waals surface area (Å²) in [6.45, 7) is 2.85. The molecule has 1 saturated heterocycles. The first kappa shape index (κ1) is 19.8. The molecule has 2 aromatic heterocycles. The molecule has 154 valence electrons. The summed E-state index contributed by atoms with van der Waals surface area (Å²) in [7, 11) is 1.67. The molecule has 0 spiro atoms. The molecule has 7 nitrogen and oxygen atoms in total. The van der Waals surface area contributed by atoms with Crippen LogP contribution in [0.15, 0.2) is 24.3 Å². The minimum Gasteiger partial charge on any atom is -0.497 e. The first-order chi connectivity index (χ1) is 14.2. The van der Waals surface area contributed by atoms with E-state index in [1.807, 2.05) is 23.9 Å². The smallest absolute Gasteiger partial charge is 0.260 e. The van der Waals surface area contributed by atoms with E-state index in [9.17, 15) is 0 Å². The summed E-state index contributed by atoms with van der Waals surface area (Å²) in [4.78, 5) is 4.84. The Labute approximate surface area is 175 Å². The number of anilines is 1. The fraction of sp³-hybridized carbons (Fsp3) is 0.476. The van der Waals surface area contributed by atoms with Gasteiger partial charge in [0.2, 0.25) is 0 Å². The van der Waals surface area contributed by atoms with E-state index in [1.165, 1.54) is 0 Å². The highest BCUT2D eigenvalue weighted by Gasteiger charge is 2.24. The molecule has 3 aromatic rings. The molecule has 4 rings (SSSR count). The number of aromatic nitrogens is 4. The van der Waals surface area contributed by atoms with Gasteiger partial charge in [0, 0.05) is 18.7 Å². The van der Waals surface area contributed by atoms with E-state index in [2.05, 4.69) is 33.8 Å². The Kier molecular flexibility index (Phi) is 6.08. The van der Waals surface area contributed by atoms with Crippen LogP contribution in [0.25, 0.3) is 11.0 Å². The summed E-state index contributed by atoms with van der Waals surface area (Å²) in [5.74, 6) is 4.80. The zero-order valence-corrected chi connectivity index (χ0v) is 17.7. The maximum atomic E-state index is 6.25. The summed E-state index contributed by atoms with van der Waals surface area (Å²) in [5.41, 5.74) is 8.83. The average molecular weight is 414 g/mol. The van der Waals surface area contributed by atoms with E-state index >= 15 is 0 Å². The van der Waals surface area contributed by atoms with Gasteiger partial charge in [0.1, 0.15) is 28.7 Å². The molecular formula is C21H27N5O2S. The molecule has 1 aliphatic heterocycles. The molecule has 1 unspecified atom stereocenters. The largest absolute Gasteiger partial charge is 0.497 e. The molecule has 3 heterocycles. The molecule has 1 aliphatic rings. The average Bonchev–Trinajstić information content (AvgIpc) is 3.38. The lowest BCUT2D eigenvalue weighted by Gasteiger charge is -2.15. The number of hydrogen-bond acceptors (Lipinski definition) is 7. The number of aryl methyl sites for hydroxylation is 1. The summed E-state index contributed by atoms with van der Waals surface area (Å²) < 4.78 is 13.7. The van der Waals surface area contributed by atoms with Crippen molar-refractivity contribution in [3.63, 3.8) is 0 Å². The fourth-order valence-corrected chi connectivity index (χ4v) is 4.64. The molecule has 0 bridgehead atoms. The molecule has 8 heteroatoms. The third-order valence-corrected chi connectivity index (χ3v) is 6.29. The highest BCUT2D eigenvalue weighted by atomic mass is 32.2. The molecule has 1 fully saturated rings. The van der Waals surface area contributed by atoms with E-state index in [0.29, 0.717) is 23.8 Å². The number of hydrogen-bond donors (Lipinski definition) is 1. The number of rotatable bonds is 8. The lowest BCUT2D eigenvalue weighted by molar-refractivity contribution is 0.220. The molecule has 1 atom stereocenters. The minimum atomic E-state index is 0.157. The highest BCUT2D eigenvalue weighted by Crippen LogP contribution is 2.31. The Morgan fingerprint density at radius 1 is 1.24 bits per heavy atom. The van der Waals surface area contributed by atoms with E-state index in [-0.39, 0.29) is 6.10 Å². The number of nitrogens with zero attached hydrogens (tertiary/aromatic N) is 4. The van der Waals surface area contributed by atoms with Crippen LogP contribution in [-0.4, -0.2) is 44.5 Å². The topological polar surface area (TPSA) is 88.1 Å². The molecule has 0 radical (unpaired) electrons. The summed E-state index contributed by atoms with van der Waals surface area (Å²) in [6.07, 6.45) is 4.21. The third-order valence-electron chi connectivity index (χ3n) is 5.16. The molecule has 29 heavy (non-hydrogen) atoms. The van der Waals surface area contributed by atoms with Crippen LogP contribution in [-0.2, 0) is 13.0 Å². The molecule has 0 saturated carbocycles. The van der Waals surface area contributed by atoms with Crippen LogP contribution in [0.4, 0.5) is 5.82 Å². The van der Waals surface area contributed by atoms with Crippen LogP contribution >= 0.6 is 11.8 Å². The molecule has 0 aliphatic carbocycles. The van der Waals surface area contributed by atoms with Crippen LogP contribution in [0.1, 0.15) is 37.6 Å². The Bertz CT molecular complexity index is 967. The van der Waals surface area contributed by atoms with Gasteiger partial charge in [0.15, 0.2) is 5.82 Å². The number of nitrogens with two attached hydrogens (primary N) is 1. The van der Waals surface area contributed by atoms with Gasteiger partial charge in [-0.05, 0) is 36.3 Å². The third kappa shape index (κ3) is 4.27. The fourth-order valence-electron chi connectivity index (χ4n) is 3.54. The Morgan fingerprint density at radius 2 is 2.07 bits per heavy atom. The first-order valence-corrected chi connectivity index (χ1v) is 11.2. The van der Waals surface area contributed by atoms with Gasteiger partial charge in [-0.15, -0.1) is 10.2 Å². The van der Waals surface area contributed by atoms with Crippen LogP contribution in [0.3, 0.4) is 0 Å². The number of benzene rings is 1. The molecular weight excluding hydrogens is 386 g/mol.